The predicted molar refractivity (Wildman–Crippen MR) is 82.6 cm³/mol. The second kappa shape index (κ2) is 8.34. The van der Waals surface area contributed by atoms with Crippen molar-refractivity contribution in [2.45, 2.75) is 47.1 Å². The summed E-state index contributed by atoms with van der Waals surface area (Å²) in [6.07, 6.45) is 1.15. The van der Waals surface area contributed by atoms with Crippen LogP contribution in [0.2, 0.25) is 0 Å². The molecular formula is C17H29NO. The number of benzene rings is 1. The molecule has 0 bridgehead atoms. The molecule has 0 amide bonds. The van der Waals surface area contributed by atoms with Crippen LogP contribution in [0.15, 0.2) is 18.2 Å². The lowest BCUT2D eigenvalue weighted by molar-refractivity contribution is 0.123. The molecular weight excluding hydrogens is 234 g/mol. The molecule has 0 aliphatic heterocycles. The highest BCUT2D eigenvalue weighted by atomic mass is 16.5. The molecule has 108 valence electrons. The number of ether oxygens (including phenoxy) is 1. The first-order valence-electron chi connectivity index (χ1n) is 7.39. The van der Waals surface area contributed by atoms with Crippen LogP contribution in [0.3, 0.4) is 0 Å². The first-order chi connectivity index (χ1) is 9.00. The van der Waals surface area contributed by atoms with Crippen molar-refractivity contribution >= 4 is 0 Å². The van der Waals surface area contributed by atoms with Gasteiger partial charge in [0.1, 0.15) is 0 Å². The molecule has 0 fully saturated rings. The summed E-state index contributed by atoms with van der Waals surface area (Å²) in [5.74, 6) is 0.724. The van der Waals surface area contributed by atoms with Gasteiger partial charge in [-0.05, 0) is 44.2 Å². The van der Waals surface area contributed by atoms with Crippen LogP contribution in [0.25, 0.3) is 0 Å². The second-order valence-corrected chi connectivity index (χ2v) is 5.83. The number of hydrogen-bond acceptors (Lipinski definition) is 2. The third-order valence-corrected chi connectivity index (χ3v) is 3.43. The fourth-order valence-electron chi connectivity index (χ4n) is 2.19. The van der Waals surface area contributed by atoms with Crippen LogP contribution < -0.4 is 5.32 Å². The van der Waals surface area contributed by atoms with Crippen LogP contribution >= 0.6 is 0 Å². The molecule has 0 saturated carbocycles. The van der Waals surface area contributed by atoms with Gasteiger partial charge in [0.05, 0.1) is 6.61 Å². The summed E-state index contributed by atoms with van der Waals surface area (Å²) in [5.41, 5.74) is 4.07. The van der Waals surface area contributed by atoms with E-state index >= 15 is 0 Å². The topological polar surface area (TPSA) is 21.3 Å². The molecule has 1 rings (SSSR count). The molecule has 0 radical (unpaired) electrons. The van der Waals surface area contributed by atoms with Crippen molar-refractivity contribution in [1.29, 1.82) is 0 Å². The van der Waals surface area contributed by atoms with Gasteiger partial charge in [0.25, 0.3) is 0 Å². The average molecular weight is 263 g/mol. The van der Waals surface area contributed by atoms with E-state index in [4.69, 9.17) is 4.74 Å². The largest absolute Gasteiger partial charge is 0.380 e. The first-order valence-corrected chi connectivity index (χ1v) is 7.39. The van der Waals surface area contributed by atoms with Crippen LogP contribution in [-0.2, 0) is 4.74 Å². The van der Waals surface area contributed by atoms with Crippen molar-refractivity contribution in [3.63, 3.8) is 0 Å². The highest BCUT2D eigenvalue weighted by Crippen LogP contribution is 2.18. The van der Waals surface area contributed by atoms with E-state index in [2.05, 4.69) is 58.1 Å². The fourth-order valence-corrected chi connectivity index (χ4v) is 2.19. The maximum Gasteiger partial charge on any atom is 0.0591 e. The molecule has 0 aliphatic rings. The molecule has 0 aromatic heterocycles. The van der Waals surface area contributed by atoms with Crippen LogP contribution in [-0.4, -0.2) is 19.8 Å². The molecule has 2 heteroatoms. The molecule has 0 saturated heterocycles. The van der Waals surface area contributed by atoms with E-state index < -0.39 is 0 Å². The van der Waals surface area contributed by atoms with E-state index in [9.17, 15) is 0 Å². The lowest BCUT2D eigenvalue weighted by Gasteiger charge is -2.17. The Hall–Kier alpha value is -0.860. The minimum absolute atomic E-state index is 0.384. The summed E-state index contributed by atoms with van der Waals surface area (Å²) in [4.78, 5) is 0. The summed E-state index contributed by atoms with van der Waals surface area (Å²) in [7, 11) is 0. The van der Waals surface area contributed by atoms with E-state index in [1.807, 2.05) is 0 Å². The number of aryl methyl sites for hydroxylation is 2. The van der Waals surface area contributed by atoms with Gasteiger partial charge in [-0.15, -0.1) is 0 Å². The maximum absolute atomic E-state index is 5.62. The van der Waals surface area contributed by atoms with E-state index in [-0.39, 0.29) is 0 Å². The van der Waals surface area contributed by atoms with Gasteiger partial charge in [-0.1, -0.05) is 37.6 Å². The van der Waals surface area contributed by atoms with Gasteiger partial charge in [-0.25, -0.2) is 0 Å². The van der Waals surface area contributed by atoms with E-state index in [1.54, 1.807) is 0 Å². The van der Waals surface area contributed by atoms with Crippen LogP contribution in [0.4, 0.5) is 0 Å². The smallest absolute Gasteiger partial charge is 0.0591 e. The summed E-state index contributed by atoms with van der Waals surface area (Å²) in [5, 5.41) is 3.52. The second-order valence-electron chi connectivity index (χ2n) is 5.83. The van der Waals surface area contributed by atoms with Crippen molar-refractivity contribution in [2.75, 3.05) is 19.8 Å². The van der Waals surface area contributed by atoms with Crippen LogP contribution in [0.1, 0.15) is 49.9 Å². The van der Waals surface area contributed by atoms with Crippen LogP contribution in [0, 0.1) is 19.8 Å². The molecule has 1 aromatic rings. The Balaban J connectivity index is 2.25. The number of nitrogens with one attached hydrogen (secondary N) is 1. The number of hydrogen-bond donors (Lipinski definition) is 1. The zero-order valence-corrected chi connectivity index (χ0v) is 13.1. The lowest BCUT2D eigenvalue weighted by atomic mass is 10.0. The molecule has 0 spiro atoms. The standard InChI is InChI=1S/C17H29NO/c1-13(2)8-10-19-11-9-18-16(5)17-7-6-14(3)12-15(17)4/h6-7,12-13,16,18H,8-11H2,1-5H3. The van der Waals surface area contributed by atoms with Crippen molar-refractivity contribution in [1.82, 2.24) is 5.32 Å². The van der Waals surface area contributed by atoms with Crippen molar-refractivity contribution < 1.29 is 4.74 Å². The molecule has 2 nitrogen and oxygen atoms in total. The van der Waals surface area contributed by atoms with Gasteiger partial charge in [-0.2, -0.15) is 0 Å². The van der Waals surface area contributed by atoms with E-state index in [0.717, 1.165) is 32.1 Å². The predicted octanol–water partition coefficient (Wildman–Crippen LogP) is 4.02. The third kappa shape index (κ3) is 6.22. The Bertz CT molecular complexity index is 374. The van der Waals surface area contributed by atoms with Gasteiger partial charge in [0.2, 0.25) is 0 Å². The molecule has 0 heterocycles. The average Bonchev–Trinajstić information content (AvgIpc) is 2.32. The minimum atomic E-state index is 0.384. The van der Waals surface area contributed by atoms with Crippen molar-refractivity contribution in [2.24, 2.45) is 5.92 Å². The molecule has 1 aromatic carbocycles. The summed E-state index contributed by atoms with van der Waals surface area (Å²) in [6.45, 7) is 13.6. The van der Waals surface area contributed by atoms with Gasteiger partial charge in [-0.3, -0.25) is 0 Å². The molecule has 1 atom stereocenters. The summed E-state index contributed by atoms with van der Waals surface area (Å²) in [6, 6.07) is 7.03. The van der Waals surface area contributed by atoms with Gasteiger partial charge >= 0.3 is 0 Å². The first kappa shape index (κ1) is 16.2. The quantitative estimate of drug-likeness (QED) is 0.715. The summed E-state index contributed by atoms with van der Waals surface area (Å²) >= 11 is 0. The Kier molecular flexibility index (Phi) is 7.11. The van der Waals surface area contributed by atoms with Crippen LogP contribution in [0.5, 0.6) is 0 Å². The number of rotatable bonds is 8. The highest BCUT2D eigenvalue weighted by molar-refractivity contribution is 5.32. The van der Waals surface area contributed by atoms with Crippen molar-refractivity contribution in [3.8, 4) is 0 Å². The van der Waals surface area contributed by atoms with Gasteiger partial charge in [0.15, 0.2) is 0 Å². The van der Waals surface area contributed by atoms with Crippen molar-refractivity contribution in [3.05, 3.63) is 34.9 Å². The van der Waals surface area contributed by atoms with Gasteiger partial charge in [0, 0.05) is 19.2 Å². The minimum Gasteiger partial charge on any atom is -0.380 e. The Labute approximate surface area is 118 Å². The monoisotopic (exact) mass is 263 g/mol. The molecule has 1 N–H and O–H groups in total. The molecule has 1 unspecified atom stereocenters. The summed E-state index contributed by atoms with van der Waals surface area (Å²) < 4.78 is 5.62. The normalized spacial score (nSPS) is 12.9. The fraction of sp³-hybridized carbons (Fsp3) is 0.647. The zero-order chi connectivity index (χ0) is 14.3. The Morgan fingerprint density at radius 3 is 2.47 bits per heavy atom. The Morgan fingerprint density at radius 1 is 1.11 bits per heavy atom. The lowest BCUT2D eigenvalue weighted by Crippen LogP contribution is -2.24. The van der Waals surface area contributed by atoms with E-state index in [1.165, 1.54) is 16.7 Å². The van der Waals surface area contributed by atoms with E-state index in [0.29, 0.717) is 6.04 Å². The SMILES string of the molecule is Cc1ccc(C(C)NCCOCCC(C)C)c(C)c1. The highest BCUT2D eigenvalue weighted by Gasteiger charge is 2.07. The Morgan fingerprint density at radius 2 is 1.84 bits per heavy atom. The third-order valence-electron chi connectivity index (χ3n) is 3.43. The van der Waals surface area contributed by atoms with Gasteiger partial charge < -0.3 is 10.1 Å². The molecule has 19 heavy (non-hydrogen) atoms. The zero-order valence-electron chi connectivity index (χ0n) is 13.1. The molecule has 0 aliphatic carbocycles. The maximum atomic E-state index is 5.62.